The molecule has 0 radical (unpaired) electrons. The third-order valence-electron chi connectivity index (χ3n) is 6.97. The Balaban J connectivity index is 1.55. The Hall–Kier alpha value is -4.02. The lowest BCUT2D eigenvalue weighted by Crippen LogP contribution is -2.47. The molecule has 0 fully saturated rings. The van der Waals surface area contributed by atoms with Crippen molar-refractivity contribution < 1.29 is 23.8 Å². The Morgan fingerprint density at radius 3 is 2.52 bits per heavy atom. The number of carbonyl (C=O) groups is 2. The molecule has 0 aliphatic carbocycles. The molecule has 40 heavy (non-hydrogen) atoms. The highest BCUT2D eigenvalue weighted by Crippen LogP contribution is 2.29. The second kappa shape index (κ2) is 13.4. The number of carbonyl (C=O) groups excluding carboxylic acids is 2. The molecule has 10 heteroatoms. The van der Waals surface area contributed by atoms with E-state index in [2.05, 4.69) is 27.4 Å². The van der Waals surface area contributed by atoms with Crippen LogP contribution in [0.25, 0.3) is 0 Å². The maximum atomic E-state index is 13.4. The molecule has 1 aliphatic heterocycles. The quantitative estimate of drug-likeness (QED) is 0.390. The molecular formula is C30H36FN5O4. The molecule has 0 spiro atoms. The zero-order chi connectivity index (χ0) is 28.6. The van der Waals surface area contributed by atoms with Crippen molar-refractivity contribution >= 4 is 23.3 Å². The third kappa shape index (κ3) is 7.77. The lowest BCUT2D eigenvalue weighted by atomic mass is 10.0. The summed E-state index contributed by atoms with van der Waals surface area (Å²) in [6.07, 6.45) is 3.35. The van der Waals surface area contributed by atoms with Gasteiger partial charge in [-0.25, -0.2) is 9.18 Å². The van der Waals surface area contributed by atoms with E-state index in [1.807, 2.05) is 26.1 Å². The van der Waals surface area contributed by atoms with E-state index in [1.165, 1.54) is 24.3 Å². The number of rotatable bonds is 8. The van der Waals surface area contributed by atoms with E-state index in [-0.39, 0.29) is 37.0 Å². The van der Waals surface area contributed by atoms with Gasteiger partial charge in [0.1, 0.15) is 17.7 Å². The van der Waals surface area contributed by atoms with Crippen molar-refractivity contribution in [2.75, 3.05) is 37.4 Å². The molecule has 3 aromatic rings. The second-order valence-corrected chi connectivity index (χ2v) is 10.3. The molecule has 212 valence electrons. The first-order chi connectivity index (χ1) is 19.2. The predicted molar refractivity (Wildman–Crippen MR) is 152 cm³/mol. The molecule has 3 atom stereocenters. The number of nitrogens with one attached hydrogen (secondary N) is 2. The highest BCUT2D eigenvalue weighted by atomic mass is 19.1. The zero-order valence-corrected chi connectivity index (χ0v) is 23.0. The lowest BCUT2D eigenvalue weighted by molar-refractivity contribution is -0.134. The number of anilines is 2. The molecule has 0 unspecified atom stereocenters. The van der Waals surface area contributed by atoms with E-state index < -0.39 is 11.8 Å². The van der Waals surface area contributed by atoms with Crippen molar-refractivity contribution in [1.29, 1.82) is 0 Å². The van der Waals surface area contributed by atoms with Crippen LogP contribution >= 0.6 is 0 Å². The summed E-state index contributed by atoms with van der Waals surface area (Å²) in [5, 5.41) is 15.3. The van der Waals surface area contributed by atoms with Gasteiger partial charge in [0, 0.05) is 54.9 Å². The van der Waals surface area contributed by atoms with Gasteiger partial charge in [0.05, 0.1) is 19.1 Å². The van der Waals surface area contributed by atoms with Gasteiger partial charge in [0.2, 0.25) is 5.91 Å². The Bertz CT molecular complexity index is 1290. The maximum Gasteiger partial charge on any atom is 0.323 e. The van der Waals surface area contributed by atoms with Crippen molar-refractivity contribution in [3.63, 3.8) is 0 Å². The molecule has 9 nitrogen and oxygen atoms in total. The average molecular weight is 550 g/mol. The topological polar surface area (TPSA) is 107 Å². The number of nitrogens with zero attached hydrogens (tertiary/aromatic N) is 3. The van der Waals surface area contributed by atoms with Crippen LogP contribution in [0.3, 0.4) is 0 Å². The summed E-state index contributed by atoms with van der Waals surface area (Å²) in [4.78, 5) is 33.9. The van der Waals surface area contributed by atoms with Crippen LogP contribution in [0.2, 0.25) is 0 Å². The first kappa shape index (κ1) is 29.0. The number of halogens is 1. The van der Waals surface area contributed by atoms with Gasteiger partial charge in [-0.3, -0.25) is 14.7 Å². The number of aromatic nitrogens is 1. The molecule has 4 rings (SSSR count). The maximum absolute atomic E-state index is 13.4. The highest BCUT2D eigenvalue weighted by Gasteiger charge is 2.31. The van der Waals surface area contributed by atoms with Crippen molar-refractivity contribution in [2.24, 2.45) is 5.92 Å². The third-order valence-corrected chi connectivity index (χ3v) is 6.97. The van der Waals surface area contributed by atoms with Crippen molar-refractivity contribution in [2.45, 2.75) is 39.0 Å². The number of pyridine rings is 1. The first-order valence-electron chi connectivity index (χ1n) is 13.3. The second-order valence-electron chi connectivity index (χ2n) is 10.3. The van der Waals surface area contributed by atoms with Crippen LogP contribution in [0.4, 0.5) is 20.6 Å². The summed E-state index contributed by atoms with van der Waals surface area (Å²) >= 11 is 0. The summed E-state index contributed by atoms with van der Waals surface area (Å²) in [6, 6.07) is 13.8. The Morgan fingerprint density at radius 1 is 1.15 bits per heavy atom. The number of ether oxygens (including phenoxy) is 1. The summed E-state index contributed by atoms with van der Waals surface area (Å²) < 4.78 is 19.7. The van der Waals surface area contributed by atoms with Crippen LogP contribution in [0.1, 0.15) is 25.0 Å². The minimum Gasteiger partial charge on any atom is -0.488 e. The molecule has 3 N–H and O–H groups in total. The zero-order valence-electron chi connectivity index (χ0n) is 23.0. The molecule has 2 aromatic carbocycles. The van der Waals surface area contributed by atoms with Crippen LogP contribution < -0.4 is 15.4 Å². The number of hydrogen-bond acceptors (Lipinski definition) is 6. The van der Waals surface area contributed by atoms with Gasteiger partial charge >= 0.3 is 6.03 Å². The predicted octanol–water partition coefficient (Wildman–Crippen LogP) is 4.15. The minimum absolute atomic E-state index is 0.0249. The number of amides is 3. The molecule has 2 heterocycles. The van der Waals surface area contributed by atoms with E-state index in [0.29, 0.717) is 42.3 Å². The molecule has 0 saturated carbocycles. The number of aliphatic hydroxyl groups excluding tert-OH is 1. The van der Waals surface area contributed by atoms with Gasteiger partial charge in [-0.15, -0.1) is 0 Å². The lowest BCUT2D eigenvalue weighted by Gasteiger charge is -2.34. The largest absolute Gasteiger partial charge is 0.488 e. The Kier molecular flexibility index (Phi) is 9.68. The van der Waals surface area contributed by atoms with E-state index >= 15 is 0 Å². The summed E-state index contributed by atoms with van der Waals surface area (Å²) in [5.74, 6) is 0.0273. The van der Waals surface area contributed by atoms with E-state index in [0.717, 1.165) is 5.56 Å². The van der Waals surface area contributed by atoms with Crippen LogP contribution in [0.15, 0.2) is 67.0 Å². The Labute approximate surface area is 234 Å². The molecule has 1 aliphatic rings. The molecular weight excluding hydrogens is 513 g/mol. The number of benzene rings is 2. The van der Waals surface area contributed by atoms with Crippen molar-refractivity contribution in [1.82, 2.24) is 14.8 Å². The number of fused-ring (bicyclic) bond motifs is 1. The average Bonchev–Trinajstić information content (AvgIpc) is 2.97. The standard InChI is InChI=1S/C30H36FN5O4/c1-20-16-36(21(2)19-37)29(38)15-23-14-26(34-30(39)33-25-6-4-24(31)5-7-25)8-9-27(23)40-28(20)18-35(3)17-22-10-12-32-13-11-22/h4-14,20-21,28,37H,15-19H2,1-3H3,(H2,33,34,39)/t20-,21-,28-/m0/s1. The number of urea groups is 1. The SMILES string of the molecule is C[C@H]1CN([C@@H](C)CO)C(=O)Cc2cc(NC(=O)Nc3ccc(F)cc3)ccc2O[C@H]1CN(C)Cc1ccncc1. The Morgan fingerprint density at radius 2 is 1.82 bits per heavy atom. The van der Waals surface area contributed by atoms with Gasteiger partial charge in [-0.05, 0) is 74.1 Å². The summed E-state index contributed by atoms with van der Waals surface area (Å²) in [7, 11) is 2.02. The van der Waals surface area contributed by atoms with Gasteiger partial charge in [-0.1, -0.05) is 6.92 Å². The van der Waals surface area contributed by atoms with Crippen molar-refractivity contribution in [3.8, 4) is 5.75 Å². The number of hydrogen-bond donors (Lipinski definition) is 3. The smallest absolute Gasteiger partial charge is 0.323 e. The fraction of sp³-hybridized carbons (Fsp3) is 0.367. The molecule has 3 amide bonds. The molecule has 0 saturated heterocycles. The van der Waals surface area contributed by atoms with Gasteiger partial charge < -0.3 is 25.4 Å². The normalized spacial score (nSPS) is 18.1. The van der Waals surface area contributed by atoms with Gasteiger partial charge in [-0.2, -0.15) is 0 Å². The fourth-order valence-electron chi connectivity index (χ4n) is 4.72. The van der Waals surface area contributed by atoms with Gasteiger partial charge in [0.15, 0.2) is 0 Å². The number of likely N-dealkylation sites (N-methyl/N-ethyl adjacent to an activating group) is 1. The van der Waals surface area contributed by atoms with E-state index in [1.54, 1.807) is 35.5 Å². The van der Waals surface area contributed by atoms with Crippen molar-refractivity contribution in [3.05, 3.63) is 83.9 Å². The minimum atomic E-state index is -0.498. The summed E-state index contributed by atoms with van der Waals surface area (Å²) in [6.45, 7) is 5.49. The number of aliphatic hydroxyl groups is 1. The fourth-order valence-corrected chi connectivity index (χ4v) is 4.72. The van der Waals surface area contributed by atoms with E-state index in [4.69, 9.17) is 4.74 Å². The van der Waals surface area contributed by atoms with E-state index in [9.17, 15) is 19.1 Å². The molecule has 0 bridgehead atoms. The summed E-state index contributed by atoms with van der Waals surface area (Å²) in [5.41, 5.74) is 2.70. The van der Waals surface area contributed by atoms with Gasteiger partial charge in [0.25, 0.3) is 0 Å². The van der Waals surface area contributed by atoms with Crippen LogP contribution in [0.5, 0.6) is 5.75 Å². The first-order valence-corrected chi connectivity index (χ1v) is 13.3. The van der Waals surface area contributed by atoms with Crippen LogP contribution in [0, 0.1) is 11.7 Å². The molecule has 1 aromatic heterocycles. The highest BCUT2D eigenvalue weighted by molar-refractivity contribution is 5.99. The van der Waals surface area contributed by atoms with Crippen LogP contribution in [-0.4, -0.2) is 70.7 Å². The monoisotopic (exact) mass is 549 g/mol. The van der Waals surface area contributed by atoms with Crippen LogP contribution in [-0.2, 0) is 17.8 Å².